The van der Waals surface area contributed by atoms with Crippen LogP contribution < -0.4 is 0 Å². The van der Waals surface area contributed by atoms with Gasteiger partial charge in [-0.3, -0.25) is 0 Å². The van der Waals surface area contributed by atoms with Crippen LogP contribution in [0.2, 0.25) is 5.02 Å². The SMILES string of the molecule is Cc1ccccc1-c1nc2ccc(Cl)cc2n1Cc1ccccc1. The van der Waals surface area contributed by atoms with Gasteiger partial charge < -0.3 is 4.57 Å². The first-order chi connectivity index (χ1) is 11.7. The lowest BCUT2D eigenvalue weighted by Crippen LogP contribution is -2.03. The van der Waals surface area contributed by atoms with Gasteiger partial charge >= 0.3 is 0 Å². The molecule has 0 bridgehead atoms. The zero-order valence-electron chi connectivity index (χ0n) is 13.4. The maximum absolute atomic E-state index is 6.24. The highest BCUT2D eigenvalue weighted by molar-refractivity contribution is 6.31. The van der Waals surface area contributed by atoms with E-state index in [0.29, 0.717) is 0 Å². The molecule has 0 aliphatic carbocycles. The minimum Gasteiger partial charge on any atom is -0.319 e. The molecule has 0 fully saturated rings. The quantitative estimate of drug-likeness (QED) is 0.469. The Morgan fingerprint density at radius 3 is 2.46 bits per heavy atom. The molecule has 2 nitrogen and oxygen atoms in total. The summed E-state index contributed by atoms with van der Waals surface area (Å²) in [7, 11) is 0. The largest absolute Gasteiger partial charge is 0.319 e. The van der Waals surface area contributed by atoms with E-state index in [1.165, 1.54) is 11.1 Å². The summed E-state index contributed by atoms with van der Waals surface area (Å²) in [5.41, 5.74) is 5.64. The Hall–Kier alpha value is -2.58. The van der Waals surface area contributed by atoms with Crippen molar-refractivity contribution in [2.75, 3.05) is 0 Å². The van der Waals surface area contributed by atoms with Crippen molar-refractivity contribution in [2.24, 2.45) is 0 Å². The van der Waals surface area contributed by atoms with E-state index >= 15 is 0 Å². The fourth-order valence-electron chi connectivity index (χ4n) is 3.05. The summed E-state index contributed by atoms with van der Waals surface area (Å²) in [5, 5.41) is 0.730. The summed E-state index contributed by atoms with van der Waals surface area (Å²) in [6.45, 7) is 2.88. The normalized spacial score (nSPS) is 11.1. The van der Waals surface area contributed by atoms with Gasteiger partial charge in [0.1, 0.15) is 5.82 Å². The molecule has 4 aromatic rings. The van der Waals surface area contributed by atoms with E-state index in [2.05, 4.69) is 60.0 Å². The van der Waals surface area contributed by atoms with Crippen LogP contribution in [0.3, 0.4) is 0 Å². The van der Waals surface area contributed by atoms with Crippen molar-refractivity contribution in [3.8, 4) is 11.4 Å². The van der Waals surface area contributed by atoms with Gasteiger partial charge in [0.25, 0.3) is 0 Å². The van der Waals surface area contributed by atoms with Gasteiger partial charge in [-0.05, 0) is 36.2 Å². The van der Waals surface area contributed by atoms with E-state index in [9.17, 15) is 0 Å². The third-order valence-electron chi connectivity index (χ3n) is 4.28. The van der Waals surface area contributed by atoms with E-state index in [1.54, 1.807) is 0 Å². The minimum absolute atomic E-state index is 0.730. The summed E-state index contributed by atoms with van der Waals surface area (Å²) < 4.78 is 2.25. The number of halogens is 1. The zero-order chi connectivity index (χ0) is 16.5. The monoisotopic (exact) mass is 332 g/mol. The van der Waals surface area contributed by atoms with Crippen molar-refractivity contribution < 1.29 is 0 Å². The van der Waals surface area contributed by atoms with Gasteiger partial charge in [-0.25, -0.2) is 4.98 Å². The highest BCUT2D eigenvalue weighted by Gasteiger charge is 2.14. The van der Waals surface area contributed by atoms with Gasteiger partial charge in [-0.1, -0.05) is 66.2 Å². The molecule has 0 spiro atoms. The lowest BCUT2D eigenvalue weighted by molar-refractivity contribution is 0.833. The summed E-state index contributed by atoms with van der Waals surface area (Å²) in [4.78, 5) is 4.89. The Bertz CT molecular complexity index is 1000. The number of aryl methyl sites for hydroxylation is 1. The highest BCUT2D eigenvalue weighted by Crippen LogP contribution is 2.29. The summed E-state index contributed by atoms with van der Waals surface area (Å²) >= 11 is 6.24. The first-order valence-electron chi connectivity index (χ1n) is 7.98. The number of rotatable bonds is 3. The molecule has 0 atom stereocenters. The molecule has 0 saturated heterocycles. The van der Waals surface area contributed by atoms with Crippen molar-refractivity contribution in [2.45, 2.75) is 13.5 Å². The van der Waals surface area contributed by atoms with E-state index in [1.807, 2.05) is 24.3 Å². The van der Waals surface area contributed by atoms with Crippen LogP contribution in [0.5, 0.6) is 0 Å². The number of aromatic nitrogens is 2. The molecule has 0 saturated carbocycles. The first kappa shape index (κ1) is 15.0. The first-order valence-corrected chi connectivity index (χ1v) is 8.36. The average Bonchev–Trinajstić information content (AvgIpc) is 2.94. The zero-order valence-corrected chi connectivity index (χ0v) is 14.2. The smallest absolute Gasteiger partial charge is 0.141 e. The van der Waals surface area contributed by atoms with Gasteiger partial charge in [-0.15, -0.1) is 0 Å². The number of nitrogens with zero attached hydrogens (tertiary/aromatic N) is 2. The van der Waals surface area contributed by atoms with Crippen LogP contribution in [0, 0.1) is 6.92 Å². The lowest BCUT2D eigenvalue weighted by atomic mass is 10.1. The van der Waals surface area contributed by atoms with Crippen molar-refractivity contribution in [3.63, 3.8) is 0 Å². The third kappa shape index (κ3) is 2.70. The van der Waals surface area contributed by atoms with Gasteiger partial charge in [0.15, 0.2) is 0 Å². The van der Waals surface area contributed by atoms with Crippen molar-refractivity contribution in [1.29, 1.82) is 0 Å². The van der Waals surface area contributed by atoms with Gasteiger partial charge in [0.05, 0.1) is 11.0 Å². The molecule has 0 radical (unpaired) electrons. The molecule has 1 aromatic heterocycles. The molecule has 0 unspecified atom stereocenters. The van der Waals surface area contributed by atoms with Crippen LogP contribution in [-0.4, -0.2) is 9.55 Å². The Morgan fingerprint density at radius 2 is 1.67 bits per heavy atom. The van der Waals surface area contributed by atoms with Crippen molar-refractivity contribution >= 4 is 22.6 Å². The average molecular weight is 333 g/mol. The summed E-state index contributed by atoms with van der Waals surface area (Å²) in [5.74, 6) is 0.981. The van der Waals surface area contributed by atoms with Crippen molar-refractivity contribution in [1.82, 2.24) is 9.55 Å². The summed E-state index contributed by atoms with van der Waals surface area (Å²) in [6.07, 6.45) is 0. The maximum atomic E-state index is 6.24. The fraction of sp³-hybridized carbons (Fsp3) is 0.0952. The molecule has 0 aliphatic rings. The molecule has 4 rings (SSSR count). The Balaban J connectivity index is 1.96. The fourth-order valence-corrected chi connectivity index (χ4v) is 3.22. The number of hydrogen-bond donors (Lipinski definition) is 0. The summed E-state index contributed by atoms with van der Waals surface area (Å²) in [6, 6.07) is 24.7. The molecule has 0 N–H and O–H groups in total. The van der Waals surface area contributed by atoms with Gasteiger partial charge in [-0.2, -0.15) is 0 Å². The van der Waals surface area contributed by atoms with E-state index in [4.69, 9.17) is 16.6 Å². The van der Waals surface area contributed by atoms with E-state index in [0.717, 1.165) is 34.0 Å². The van der Waals surface area contributed by atoms with Crippen molar-refractivity contribution in [3.05, 3.63) is 88.9 Å². The molecule has 3 aromatic carbocycles. The standard InChI is InChI=1S/C21H17ClN2/c1-15-7-5-6-10-18(15)21-23-19-12-11-17(22)13-20(19)24(21)14-16-8-3-2-4-9-16/h2-13H,14H2,1H3. The van der Waals surface area contributed by atoms with Crippen LogP contribution in [0.25, 0.3) is 22.4 Å². The molecule has 3 heteroatoms. The molecule has 24 heavy (non-hydrogen) atoms. The molecule has 0 aliphatic heterocycles. The minimum atomic E-state index is 0.730. The predicted molar refractivity (Wildman–Crippen MR) is 100 cm³/mol. The van der Waals surface area contributed by atoms with E-state index in [-0.39, 0.29) is 0 Å². The predicted octanol–water partition coefficient (Wildman–Crippen LogP) is 5.71. The second-order valence-electron chi connectivity index (χ2n) is 5.96. The van der Waals surface area contributed by atoms with Crippen LogP contribution in [0.15, 0.2) is 72.8 Å². The Kier molecular flexibility index (Phi) is 3.83. The molecule has 1 heterocycles. The van der Waals surface area contributed by atoms with Crippen LogP contribution >= 0.6 is 11.6 Å². The topological polar surface area (TPSA) is 17.8 Å². The van der Waals surface area contributed by atoms with Crippen LogP contribution in [0.1, 0.15) is 11.1 Å². The van der Waals surface area contributed by atoms with Crippen LogP contribution in [0.4, 0.5) is 0 Å². The molecule has 0 amide bonds. The number of benzene rings is 3. The molecular formula is C21H17ClN2. The molecule has 118 valence electrons. The van der Waals surface area contributed by atoms with Gasteiger partial charge in [0, 0.05) is 17.1 Å². The Labute approximate surface area is 146 Å². The third-order valence-corrected chi connectivity index (χ3v) is 4.51. The second kappa shape index (κ2) is 6.14. The highest BCUT2D eigenvalue weighted by atomic mass is 35.5. The van der Waals surface area contributed by atoms with Crippen LogP contribution in [-0.2, 0) is 6.54 Å². The second-order valence-corrected chi connectivity index (χ2v) is 6.39. The molecular weight excluding hydrogens is 316 g/mol. The number of fused-ring (bicyclic) bond motifs is 1. The Morgan fingerprint density at radius 1 is 0.917 bits per heavy atom. The number of imidazole rings is 1. The number of hydrogen-bond acceptors (Lipinski definition) is 1. The van der Waals surface area contributed by atoms with E-state index < -0.39 is 0 Å². The lowest BCUT2D eigenvalue weighted by Gasteiger charge is -2.11. The maximum Gasteiger partial charge on any atom is 0.141 e. The van der Waals surface area contributed by atoms with Gasteiger partial charge in [0.2, 0.25) is 0 Å².